The highest BCUT2D eigenvalue weighted by molar-refractivity contribution is 5.24. The highest BCUT2D eigenvalue weighted by Gasteiger charge is 2.30. The van der Waals surface area contributed by atoms with Gasteiger partial charge in [-0.05, 0) is 38.2 Å². The van der Waals surface area contributed by atoms with Crippen LogP contribution >= 0.6 is 0 Å². The molecule has 1 aliphatic rings. The predicted octanol–water partition coefficient (Wildman–Crippen LogP) is 3.52. The van der Waals surface area contributed by atoms with Gasteiger partial charge in [0.25, 0.3) is 0 Å². The van der Waals surface area contributed by atoms with Crippen molar-refractivity contribution < 1.29 is 9.75 Å². The Labute approximate surface area is 122 Å². The molecule has 1 unspecified atom stereocenters. The second kappa shape index (κ2) is 7.21. The average Bonchev–Trinajstić information content (AvgIpc) is 2.48. The molecule has 0 radical (unpaired) electrons. The summed E-state index contributed by atoms with van der Waals surface area (Å²) in [5.74, 6) is 0. The van der Waals surface area contributed by atoms with E-state index < -0.39 is 0 Å². The van der Waals surface area contributed by atoms with Crippen molar-refractivity contribution in [3.63, 3.8) is 0 Å². The molecule has 3 heteroatoms. The molecule has 20 heavy (non-hydrogen) atoms. The third-order valence-electron chi connectivity index (χ3n) is 4.63. The van der Waals surface area contributed by atoms with Crippen molar-refractivity contribution in [2.45, 2.75) is 58.0 Å². The predicted molar refractivity (Wildman–Crippen MR) is 82.0 cm³/mol. The molecule has 0 heterocycles. The third kappa shape index (κ3) is 3.81. The molecule has 1 fully saturated rings. The highest BCUT2D eigenvalue weighted by atomic mass is 16.5. The fraction of sp³-hybridized carbons (Fsp3) is 0.647. The molecule has 0 aromatic heterocycles. The molecule has 0 bridgehead atoms. The SMILES string of the molecule is Cc1ccccc1C[N+]([O-])(CCCO)C1CCCCC1. The number of hydrogen-bond acceptors (Lipinski definition) is 2. The maximum Gasteiger partial charge on any atom is 0.105 e. The van der Waals surface area contributed by atoms with Gasteiger partial charge in [-0.3, -0.25) is 0 Å². The molecule has 1 aromatic rings. The molecule has 2 rings (SSSR count). The Balaban J connectivity index is 2.15. The number of aliphatic hydroxyl groups is 1. The Bertz CT molecular complexity index is 415. The Morgan fingerprint density at radius 2 is 1.90 bits per heavy atom. The number of nitrogens with zero attached hydrogens (tertiary/aromatic N) is 1. The quantitative estimate of drug-likeness (QED) is 0.638. The zero-order valence-corrected chi connectivity index (χ0v) is 12.6. The number of aliphatic hydroxyl groups excluding tert-OH is 1. The van der Waals surface area contributed by atoms with Gasteiger partial charge in [0.2, 0.25) is 0 Å². The molecule has 1 aliphatic carbocycles. The van der Waals surface area contributed by atoms with Crippen molar-refractivity contribution in [2.75, 3.05) is 13.2 Å². The molecule has 1 saturated carbocycles. The zero-order chi connectivity index (χ0) is 14.4. The lowest BCUT2D eigenvalue weighted by Crippen LogP contribution is -2.51. The van der Waals surface area contributed by atoms with Crippen LogP contribution < -0.4 is 0 Å². The van der Waals surface area contributed by atoms with Gasteiger partial charge in [0, 0.05) is 18.6 Å². The molecule has 0 amide bonds. The normalized spacial score (nSPS) is 19.8. The molecule has 1 atom stereocenters. The van der Waals surface area contributed by atoms with E-state index >= 15 is 0 Å². The van der Waals surface area contributed by atoms with E-state index in [0.29, 0.717) is 19.5 Å². The lowest BCUT2D eigenvalue weighted by Gasteiger charge is -2.50. The van der Waals surface area contributed by atoms with Gasteiger partial charge in [-0.2, -0.15) is 0 Å². The average molecular weight is 277 g/mol. The lowest BCUT2D eigenvalue weighted by atomic mass is 9.93. The number of hydrogen-bond donors (Lipinski definition) is 1. The van der Waals surface area contributed by atoms with Crippen LogP contribution in [0.3, 0.4) is 0 Å². The zero-order valence-electron chi connectivity index (χ0n) is 12.6. The maximum absolute atomic E-state index is 13.4. The van der Waals surface area contributed by atoms with Crippen molar-refractivity contribution in [2.24, 2.45) is 0 Å². The molecule has 3 nitrogen and oxygen atoms in total. The van der Waals surface area contributed by atoms with Crippen LogP contribution in [0.2, 0.25) is 0 Å². The molecule has 1 N–H and O–H groups in total. The summed E-state index contributed by atoms with van der Waals surface area (Å²) in [5.41, 5.74) is 2.36. The summed E-state index contributed by atoms with van der Waals surface area (Å²) in [5, 5.41) is 22.5. The maximum atomic E-state index is 13.4. The molecule has 0 saturated heterocycles. The van der Waals surface area contributed by atoms with Crippen LogP contribution in [0.15, 0.2) is 24.3 Å². The summed E-state index contributed by atoms with van der Waals surface area (Å²) >= 11 is 0. The molecular formula is C17H27NO2. The minimum atomic E-state index is -0.147. The van der Waals surface area contributed by atoms with E-state index in [1.165, 1.54) is 24.8 Å². The Hall–Kier alpha value is -0.900. The molecule has 0 spiro atoms. The molecule has 112 valence electrons. The Kier molecular flexibility index (Phi) is 5.58. The number of rotatable bonds is 6. The van der Waals surface area contributed by atoms with E-state index in [2.05, 4.69) is 19.1 Å². The van der Waals surface area contributed by atoms with Crippen molar-refractivity contribution in [3.05, 3.63) is 40.6 Å². The summed E-state index contributed by atoms with van der Waals surface area (Å²) in [7, 11) is 0. The van der Waals surface area contributed by atoms with Crippen LogP contribution in [-0.4, -0.2) is 28.9 Å². The first-order chi connectivity index (χ1) is 9.65. The number of hydroxylamine groups is 3. The molecule has 0 aliphatic heterocycles. The second-order valence-electron chi connectivity index (χ2n) is 6.13. The van der Waals surface area contributed by atoms with Crippen molar-refractivity contribution >= 4 is 0 Å². The summed E-state index contributed by atoms with van der Waals surface area (Å²) in [4.78, 5) is 0. The van der Waals surface area contributed by atoms with Crippen LogP contribution in [0.25, 0.3) is 0 Å². The van der Waals surface area contributed by atoms with Gasteiger partial charge in [0.05, 0.1) is 12.6 Å². The summed E-state index contributed by atoms with van der Waals surface area (Å²) in [6.07, 6.45) is 6.31. The summed E-state index contributed by atoms with van der Waals surface area (Å²) < 4.78 is -0.147. The topological polar surface area (TPSA) is 43.3 Å². The minimum Gasteiger partial charge on any atom is -0.632 e. The summed E-state index contributed by atoms with van der Waals surface area (Å²) in [6, 6.07) is 8.40. The minimum absolute atomic E-state index is 0.114. The largest absolute Gasteiger partial charge is 0.632 e. The van der Waals surface area contributed by atoms with Crippen LogP contribution in [0.4, 0.5) is 0 Å². The summed E-state index contributed by atoms with van der Waals surface area (Å²) in [6.45, 7) is 3.28. The van der Waals surface area contributed by atoms with E-state index in [9.17, 15) is 5.21 Å². The van der Waals surface area contributed by atoms with E-state index in [-0.39, 0.29) is 17.3 Å². The van der Waals surface area contributed by atoms with Crippen molar-refractivity contribution in [3.8, 4) is 0 Å². The van der Waals surface area contributed by atoms with Crippen molar-refractivity contribution in [1.82, 2.24) is 0 Å². The standard InChI is InChI=1S/C17H27NO2/c1-15-8-5-6-9-16(15)14-18(20,12-7-13-19)17-10-3-2-4-11-17/h5-6,8-9,17,19H,2-4,7,10-14H2,1H3. The van der Waals surface area contributed by atoms with Gasteiger partial charge in [0.1, 0.15) is 6.54 Å². The number of aryl methyl sites for hydroxylation is 1. The molecule has 1 aromatic carbocycles. The van der Waals surface area contributed by atoms with E-state index in [0.717, 1.165) is 18.4 Å². The van der Waals surface area contributed by atoms with Gasteiger partial charge in [-0.25, -0.2) is 0 Å². The molecular weight excluding hydrogens is 250 g/mol. The van der Waals surface area contributed by atoms with Crippen LogP contribution in [0, 0.1) is 12.1 Å². The van der Waals surface area contributed by atoms with Gasteiger partial charge in [-0.1, -0.05) is 30.7 Å². The van der Waals surface area contributed by atoms with E-state index in [4.69, 9.17) is 5.11 Å². The van der Waals surface area contributed by atoms with E-state index in [1.54, 1.807) is 0 Å². The third-order valence-corrected chi connectivity index (χ3v) is 4.63. The fourth-order valence-corrected chi connectivity index (χ4v) is 3.36. The van der Waals surface area contributed by atoms with Gasteiger partial charge < -0.3 is 15.0 Å². The van der Waals surface area contributed by atoms with Crippen LogP contribution in [0.5, 0.6) is 0 Å². The van der Waals surface area contributed by atoms with Crippen LogP contribution in [-0.2, 0) is 6.54 Å². The first-order valence-corrected chi connectivity index (χ1v) is 7.89. The lowest BCUT2D eigenvalue weighted by molar-refractivity contribution is -0.920. The van der Waals surface area contributed by atoms with Crippen LogP contribution in [0.1, 0.15) is 49.7 Å². The van der Waals surface area contributed by atoms with Gasteiger partial charge >= 0.3 is 0 Å². The smallest absolute Gasteiger partial charge is 0.105 e. The number of benzene rings is 1. The van der Waals surface area contributed by atoms with Gasteiger partial charge in [0.15, 0.2) is 0 Å². The highest BCUT2D eigenvalue weighted by Crippen LogP contribution is 2.30. The Morgan fingerprint density at radius 3 is 2.55 bits per heavy atom. The fourth-order valence-electron chi connectivity index (χ4n) is 3.36. The Morgan fingerprint density at radius 1 is 1.20 bits per heavy atom. The van der Waals surface area contributed by atoms with Gasteiger partial charge in [-0.15, -0.1) is 0 Å². The second-order valence-corrected chi connectivity index (χ2v) is 6.13. The first kappa shape index (κ1) is 15.5. The van der Waals surface area contributed by atoms with E-state index in [1.807, 2.05) is 12.1 Å². The monoisotopic (exact) mass is 277 g/mol. The first-order valence-electron chi connectivity index (χ1n) is 7.89. The number of quaternary nitrogens is 1. The van der Waals surface area contributed by atoms with Crippen molar-refractivity contribution in [1.29, 1.82) is 0 Å².